The second-order valence-electron chi connectivity index (χ2n) is 9.31. The molecule has 0 spiro atoms. The van der Waals surface area contributed by atoms with Crippen LogP contribution in [-0.4, -0.2) is 30.8 Å². The van der Waals surface area contributed by atoms with Crippen molar-refractivity contribution < 1.29 is 4.79 Å². The Balaban J connectivity index is 0.000000482. The number of aryl methyl sites for hydroxylation is 1. The van der Waals surface area contributed by atoms with Crippen LogP contribution in [0.2, 0.25) is 0 Å². The van der Waals surface area contributed by atoms with E-state index in [1.54, 1.807) is 0 Å². The molecule has 0 amide bonds. The topological polar surface area (TPSA) is 20.3 Å². The van der Waals surface area contributed by atoms with E-state index in [0.717, 1.165) is 24.0 Å². The quantitative estimate of drug-likeness (QED) is 0.383. The number of rotatable bonds is 7. The Bertz CT molecular complexity index is 624. The van der Waals surface area contributed by atoms with Crippen molar-refractivity contribution >= 4 is 6.29 Å². The van der Waals surface area contributed by atoms with Crippen molar-refractivity contribution in [1.29, 1.82) is 0 Å². The van der Waals surface area contributed by atoms with E-state index in [0.29, 0.717) is 0 Å². The van der Waals surface area contributed by atoms with Crippen LogP contribution in [-0.2, 0) is 4.79 Å². The van der Waals surface area contributed by atoms with Crippen LogP contribution in [0, 0.1) is 24.7 Å². The van der Waals surface area contributed by atoms with Gasteiger partial charge in [-0.05, 0) is 77.4 Å². The minimum atomic E-state index is 0.750. The molecule has 2 nitrogen and oxygen atoms in total. The van der Waals surface area contributed by atoms with Crippen LogP contribution >= 0.6 is 0 Å². The van der Waals surface area contributed by atoms with Crippen molar-refractivity contribution in [3.8, 4) is 0 Å². The summed E-state index contributed by atoms with van der Waals surface area (Å²) in [5.74, 6) is 2.68. The molecule has 2 aliphatic carbocycles. The molecule has 33 heavy (non-hydrogen) atoms. The molecule has 1 aromatic carbocycles. The minimum Gasteiger partial charge on any atom is -0.304 e. The van der Waals surface area contributed by atoms with Gasteiger partial charge in [0.05, 0.1) is 0 Å². The van der Waals surface area contributed by atoms with Gasteiger partial charge in [0.25, 0.3) is 0 Å². The summed E-state index contributed by atoms with van der Waals surface area (Å²) in [6, 6.07) is 10.3. The summed E-state index contributed by atoms with van der Waals surface area (Å²) in [4.78, 5) is 11.2. The highest BCUT2D eigenvalue weighted by molar-refractivity contribution is 5.44. The van der Waals surface area contributed by atoms with Crippen molar-refractivity contribution in [1.82, 2.24) is 4.90 Å². The van der Waals surface area contributed by atoms with E-state index in [-0.39, 0.29) is 0 Å². The van der Waals surface area contributed by atoms with Crippen LogP contribution in [0.1, 0.15) is 92.1 Å². The van der Waals surface area contributed by atoms with E-state index >= 15 is 0 Å². The lowest BCUT2D eigenvalue weighted by Gasteiger charge is -2.27. The first-order valence-electron chi connectivity index (χ1n) is 13.5. The smallest absolute Gasteiger partial charge is 0.116 e. The molecule has 1 fully saturated rings. The predicted molar refractivity (Wildman–Crippen MR) is 148 cm³/mol. The van der Waals surface area contributed by atoms with Gasteiger partial charge in [-0.15, -0.1) is 0 Å². The zero-order valence-electron chi connectivity index (χ0n) is 22.9. The number of hydrogen-bond donors (Lipinski definition) is 0. The van der Waals surface area contributed by atoms with Crippen molar-refractivity contribution in [2.24, 2.45) is 17.8 Å². The van der Waals surface area contributed by atoms with Crippen LogP contribution in [0.3, 0.4) is 0 Å². The summed E-state index contributed by atoms with van der Waals surface area (Å²) in [5, 5.41) is 0. The number of allylic oxidation sites excluding steroid dienone is 4. The highest BCUT2D eigenvalue weighted by Crippen LogP contribution is 2.36. The largest absolute Gasteiger partial charge is 0.304 e. The average molecular weight is 456 g/mol. The van der Waals surface area contributed by atoms with Crippen molar-refractivity contribution in [3.05, 3.63) is 59.7 Å². The number of carbonyl (C=O) groups is 1. The first-order valence-corrected chi connectivity index (χ1v) is 13.5. The highest BCUT2D eigenvalue weighted by atomic mass is 16.1. The zero-order chi connectivity index (χ0) is 24.9. The summed E-state index contributed by atoms with van der Waals surface area (Å²) in [6.07, 6.45) is 18.0. The van der Waals surface area contributed by atoms with Gasteiger partial charge in [-0.3, -0.25) is 0 Å². The lowest BCUT2D eigenvalue weighted by Crippen LogP contribution is -2.23. The second-order valence-corrected chi connectivity index (χ2v) is 9.31. The lowest BCUT2D eigenvalue weighted by molar-refractivity contribution is -0.106. The Morgan fingerprint density at radius 2 is 1.52 bits per heavy atom. The Labute approximate surface area is 206 Å². The first kappa shape index (κ1) is 31.3. The third-order valence-corrected chi connectivity index (χ3v) is 6.56. The first-order chi connectivity index (χ1) is 15.9. The molecule has 2 atom stereocenters. The number of nitrogens with zero attached hydrogens (tertiary/aromatic N) is 1. The fraction of sp³-hybridized carbons (Fsp3) is 0.645. The van der Waals surface area contributed by atoms with Gasteiger partial charge < -0.3 is 9.69 Å². The van der Waals surface area contributed by atoms with Crippen molar-refractivity contribution in [2.45, 2.75) is 93.4 Å². The molecule has 0 saturated heterocycles. The zero-order valence-corrected chi connectivity index (χ0v) is 22.9. The van der Waals surface area contributed by atoms with E-state index < -0.39 is 0 Å². The molecule has 2 heteroatoms. The van der Waals surface area contributed by atoms with Gasteiger partial charge in [0.2, 0.25) is 0 Å². The van der Waals surface area contributed by atoms with Crippen molar-refractivity contribution in [3.63, 3.8) is 0 Å². The monoisotopic (exact) mass is 455 g/mol. The molecule has 0 aliphatic heterocycles. The van der Waals surface area contributed by atoms with E-state index in [1.807, 2.05) is 18.2 Å². The molecular weight excluding hydrogens is 402 g/mol. The molecule has 0 N–H and O–H groups in total. The fourth-order valence-electron chi connectivity index (χ4n) is 4.64. The van der Waals surface area contributed by atoms with Gasteiger partial charge in [0.15, 0.2) is 0 Å². The molecule has 0 aromatic heterocycles. The molecule has 0 heterocycles. The summed E-state index contributed by atoms with van der Waals surface area (Å²) in [5.41, 5.74) is 2.80. The van der Waals surface area contributed by atoms with Gasteiger partial charge in [-0.1, -0.05) is 113 Å². The molecule has 0 bridgehead atoms. The Hall–Kier alpha value is -1.67. The van der Waals surface area contributed by atoms with Crippen LogP contribution in [0.5, 0.6) is 0 Å². The molecule has 2 aliphatic rings. The highest BCUT2D eigenvalue weighted by Gasteiger charge is 2.24. The van der Waals surface area contributed by atoms with Crippen LogP contribution < -0.4 is 0 Å². The maximum atomic E-state index is 8.81. The van der Waals surface area contributed by atoms with Gasteiger partial charge in [-0.2, -0.15) is 0 Å². The summed E-state index contributed by atoms with van der Waals surface area (Å²) in [6.45, 7) is 18.4. The number of carbonyl (C=O) groups excluding carboxylic acids is 1. The average Bonchev–Trinajstić information content (AvgIpc) is 3.33. The molecule has 188 valence electrons. The predicted octanol–water partition coefficient (Wildman–Crippen LogP) is 8.66. The number of benzene rings is 1. The fourth-order valence-corrected chi connectivity index (χ4v) is 4.64. The van der Waals surface area contributed by atoms with Crippen LogP contribution in [0.4, 0.5) is 0 Å². The van der Waals surface area contributed by atoms with Gasteiger partial charge in [0.1, 0.15) is 6.29 Å². The SMILES string of the molecule is CC=O.CCC1C=CC(C)=CC1CC1CCCC1.CCCN(CC)CC.Cc1ccccc1. The van der Waals surface area contributed by atoms with E-state index in [1.165, 1.54) is 82.6 Å². The second kappa shape index (κ2) is 20.9. The maximum absolute atomic E-state index is 8.81. The van der Waals surface area contributed by atoms with Gasteiger partial charge in [-0.25, -0.2) is 0 Å². The summed E-state index contributed by atoms with van der Waals surface area (Å²) >= 11 is 0. The van der Waals surface area contributed by atoms with E-state index in [9.17, 15) is 0 Å². The van der Waals surface area contributed by atoms with E-state index in [4.69, 9.17) is 4.79 Å². The van der Waals surface area contributed by atoms with Crippen LogP contribution in [0.25, 0.3) is 0 Å². The van der Waals surface area contributed by atoms with Crippen LogP contribution in [0.15, 0.2) is 54.1 Å². The Kier molecular flexibility index (Phi) is 19.8. The summed E-state index contributed by atoms with van der Waals surface area (Å²) < 4.78 is 0. The Morgan fingerprint density at radius 1 is 0.939 bits per heavy atom. The number of hydrogen-bond acceptors (Lipinski definition) is 2. The van der Waals surface area contributed by atoms with Gasteiger partial charge in [0, 0.05) is 0 Å². The third-order valence-electron chi connectivity index (χ3n) is 6.56. The molecule has 1 saturated carbocycles. The van der Waals surface area contributed by atoms with Gasteiger partial charge >= 0.3 is 0 Å². The molecule has 1 aromatic rings. The molecule has 2 unspecified atom stereocenters. The minimum absolute atomic E-state index is 0.750. The standard InChI is InChI=1S/C15H24.C7H17N.C7H8.C2H4O/c1-3-14-9-8-12(2)10-15(14)11-13-6-4-5-7-13;1-4-7-8(5-2)6-3;1-7-5-3-2-4-6-7;1-2-3/h8-10,13-15H,3-7,11H2,1-2H3;4-7H2,1-3H3;2-6H,1H3;2H,1H3. The maximum Gasteiger partial charge on any atom is 0.116 e. The molecule has 0 radical (unpaired) electrons. The lowest BCUT2D eigenvalue weighted by atomic mass is 9.78. The number of aldehydes is 1. The third kappa shape index (κ3) is 15.7. The van der Waals surface area contributed by atoms with E-state index in [2.05, 4.69) is 76.8 Å². The summed E-state index contributed by atoms with van der Waals surface area (Å²) in [7, 11) is 0. The normalized spacial score (nSPS) is 19.3. The Morgan fingerprint density at radius 3 is 1.91 bits per heavy atom. The molecular formula is C31H53NO. The molecule has 3 rings (SSSR count). The van der Waals surface area contributed by atoms with Crippen molar-refractivity contribution in [2.75, 3.05) is 19.6 Å².